The highest BCUT2D eigenvalue weighted by Gasteiger charge is 2.33. The van der Waals surface area contributed by atoms with Crippen LogP contribution in [0.1, 0.15) is 33.3 Å². The van der Waals surface area contributed by atoms with Crippen LogP contribution in [0.25, 0.3) is 0 Å². The van der Waals surface area contributed by atoms with Gasteiger partial charge in [0.1, 0.15) is 0 Å². The highest BCUT2D eigenvalue weighted by Crippen LogP contribution is 2.31. The van der Waals surface area contributed by atoms with Crippen LogP contribution in [0.15, 0.2) is 52.3 Å². The molecule has 0 aliphatic heterocycles. The van der Waals surface area contributed by atoms with Crippen molar-refractivity contribution in [2.75, 3.05) is 0 Å². The minimum absolute atomic E-state index is 0.203. The van der Waals surface area contributed by atoms with E-state index < -0.39 is 20.8 Å². The van der Waals surface area contributed by atoms with Gasteiger partial charge in [-0.25, -0.2) is 13.1 Å². The zero-order valence-corrected chi connectivity index (χ0v) is 16.4. The summed E-state index contributed by atoms with van der Waals surface area (Å²) >= 11 is 0. The Hall–Kier alpha value is -1.24. The molecule has 0 amide bonds. The third-order valence-electron chi connectivity index (χ3n) is 3.89. The Morgan fingerprint density at radius 3 is 2.29 bits per heavy atom. The summed E-state index contributed by atoms with van der Waals surface area (Å²) in [5, 5.41) is 0. The van der Waals surface area contributed by atoms with E-state index in [1.54, 1.807) is 31.2 Å². The van der Waals surface area contributed by atoms with Crippen molar-refractivity contribution in [3.8, 4) is 0 Å². The largest absolute Gasteiger partial charge is 0.254 e. The van der Waals surface area contributed by atoms with Crippen LogP contribution in [-0.2, 0) is 20.8 Å². The van der Waals surface area contributed by atoms with Crippen molar-refractivity contribution in [2.45, 2.75) is 50.3 Å². The van der Waals surface area contributed by atoms with Gasteiger partial charge in [-0.15, -0.1) is 0 Å². The highest BCUT2D eigenvalue weighted by molar-refractivity contribution is 7.90. The Morgan fingerprint density at radius 2 is 1.75 bits per heavy atom. The molecule has 1 aliphatic carbocycles. The summed E-state index contributed by atoms with van der Waals surface area (Å²) < 4.78 is 40.1. The molecule has 0 bridgehead atoms. The normalized spacial score (nSPS) is 20.7. The van der Waals surface area contributed by atoms with Crippen LogP contribution in [0.2, 0.25) is 0 Å². The molecule has 0 fully saturated rings. The van der Waals surface area contributed by atoms with Crippen molar-refractivity contribution in [2.24, 2.45) is 5.92 Å². The van der Waals surface area contributed by atoms with Gasteiger partial charge in [0, 0.05) is 21.6 Å². The first kappa shape index (κ1) is 19.1. The molecule has 1 aromatic carbocycles. The molecule has 0 saturated carbocycles. The first-order valence-corrected chi connectivity index (χ1v) is 10.5. The van der Waals surface area contributed by atoms with E-state index >= 15 is 0 Å². The van der Waals surface area contributed by atoms with Gasteiger partial charge in [-0.05, 0) is 52.8 Å². The fraction of sp³-hybridized carbons (Fsp3) is 0.444. The van der Waals surface area contributed by atoms with Gasteiger partial charge in [-0.1, -0.05) is 29.8 Å². The fourth-order valence-electron chi connectivity index (χ4n) is 2.53. The average Bonchev–Trinajstić information content (AvgIpc) is 2.94. The van der Waals surface area contributed by atoms with Crippen LogP contribution in [0.4, 0.5) is 0 Å². The molecule has 1 aliphatic rings. The second-order valence-electron chi connectivity index (χ2n) is 7.08. The molecule has 6 heteroatoms. The van der Waals surface area contributed by atoms with Crippen molar-refractivity contribution in [3.63, 3.8) is 0 Å². The molecule has 2 unspecified atom stereocenters. The molecular formula is C18H25NO3S2. The van der Waals surface area contributed by atoms with Crippen molar-refractivity contribution in [1.29, 1.82) is 0 Å². The Balaban J connectivity index is 2.18. The maximum Gasteiger partial charge on any atom is 0.240 e. The number of aryl methyl sites for hydroxylation is 1. The summed E-state index contributed by atoms with van der Waals surface area (Å²) in [6.45, 7) is 9.47. The minimum atomic E-state index is -3.61. The van der Waals surface area contributed by atoms with Crippen LogP contribution in [-0.4, -0.2) is 23.4 Å². The summed E-state index contributed by atoms with van der Waals surface area (Å²) in [5.41, 5.74) is 1.01. The zero-order chi connectivity index (χ0) is 18.1. The summed E-state index contributed by atoms with van der Waals surface area (Å²) in [6.07, 6.45) is 5.59. The number of hydrogen-bond acceptors (Lipinski definition) is 3. The zero-order valence-electron chi connectivity index (χ0n) is 14.7. The van der Waals surface area contributed by atoms with E-state index in [9.17, 15) is 12.6 Å². The maximum atomic E-state index is 12.7. The lowest BCUT2D eigenvalue weighted by Crippen LogP contribution is -2.39. The average molecular weight is 368 g/mol. The molecule has 0 heterocycles. The highest BCUT2D eigenvalue weighted by atomic mass is 32.2. The molecule has 132 valence electrons. The van der Waals surface area contributed by atoms with Crippen LogP contribution < -0.4 is 4.72 Å². The van der Waals surface area contributed by atoms with Crippen LogP contribution in [0.3, 0.4) is 0 Å². The summed E-state index contributed by atoms with van der Waals surface area (Å²) in [6, 6.07) is 6.36. The molecule has 1 aromatic rings. The van der Waals surface area contributed by atoms with E-state index in [0.717, 1.165) is 10.5 Å². The molecule has 0 aromatic heterocycles. The fourth-order valence-corrected chi connectivity index (χ4v) is 5.24. The smallest absolute Gasteiger partial charge is 0.240 e. The van der Waals surface area contributed by atoms with Gasteiger partial charge >= 0.3 is 0 Å². The quantitative estimate of drug-likeness (QED) is 0.869. The topological polar surface area (TPSA) is 63.2 Å². The third-order valence-corrected chi connectivity index (χ3v) is 7.41. The number of allylic oxidation sites excluding steroid dienone is 2. The minimum Gasteiger partial charge on any atom is -0.254 e. The van der Waals surface area contributed by atoms with Gasteiger partial charge in [0.05, 0.1) is 15.7 Å². The molecule has 4 nitrogen and oxygen atoms in total. The molecular weight excluding hydrogens is 342 g/mol. The van der Waals surface area contributed by atoms with Gasteiger partial charge in [0.2, 0.25) is 10.0 Å². The van der Waals surface area contributed by atoms with Crippen molar-refractivity contribution < 1.29 is 12.6 Å². The van der Waals surface area contributed by atoms with Crippen molar-refractivity contribution >= 4 is 20.8 Å². The number of benzene rings is 1. The van der Waals surface area contributed by atoms with E-state index in [4.69, 9.17) is 0 Å². The standard InChI is InChI=1S/C18H25NO3S2/c1-13-9-11-15(12-10-13)24(21,22)19-14(2)16-7-6-8-17(16)23(20)18(3,4)5/h6-12,14,16,19H,1-5H3/t14-,16?,23?/m0/s1. The lowest BCUT2D eigenvalue weighted by Gasteiger charge is -2.26. The van der Waals surface area contributed by atoms with Gasteiger partial charge < -0.3 is 0 Å². The van der Waals surface area contributed by atoms with E-state index in [-0.39, 0.29) is 21.6 Å². The Kier molecular flexibility index (Phi) is 5.52. The van der Waals surface area contributed by atoms with Gasteiger partial charge in [-0.2, -0.15) is 0 Å². The first-order chi connectivity index (χ1) is 11.0. The number of sulfonamides is 1. The summed E-state index contributed by atoms with van der Waals surface area (Å²) in [7, 11) is -4.78. The van der Waals surface area contributed by atoms with Crippen LogP contribution in [0.5, 0.6) is 0 Å². The predicted molar refractivity (Wildman–Crippen MR) is 99.6 cm³/mol. The number of nitrogens with one attached hydrogen (secondary N) is 1. The Bertz CT molecular complexity index is 785. The van der Waals surface area contributed by atoms with E-state index in [0.29, 0.717) is 0 Å². The van der Waals surface area contributed by atoms with Crippen LogP contribution in [0, 0.1) is 12.8 Å². The van der Waals surface area contributed by atoms with Gasteiger partial charge in [0.15, 0.2) is 0 Å². The van der Waals surface area contributed by atoms with Crippen molar-refractivity contribution in [1.82, 2.24) is 4.72 Å². The first-order valence-electron chi connectivity index (χ1n) is 7.91. The maximum absolute atomic E-state index is 12.7. The lowest BCUT2D eigenvalue weighted by molar-refractivity contribution is 0.530. The molecule has 24 heavy (non-hydrogen) atoms. The Morgan fingerprint density at radius 1 is 1.17 bits per heavy atom. The molecule has 2 rings (SSSR count). The second kappa shape index (κ2) is 6.94. The lowest BCUT2D eigenvalue weighted by atomic mass is 10.0. The summed E-state index contributed by atoms with van der Waals surface area (Å²) in [5.74, 6) is -0.203. The molecule has 0 saturated heterocycles. The molecule has 1 N–H and O–H groups in total. The van der Waals surface area contributed by atoms with Gasteiger partial charge in [-0.3, -0.25) is 4.21 Å². The third kappa shape index (κ3) is 4.23. The molecule has 0 radical (unpaired) electrons. The second-order valence-corrected chi connectivity index (χ2v) is 11.0. The van der Waals surface area contributed by atoms with E-state index in [1.165, 1.54) is 0 Å². The van der Waals surface area contributed by atoms with Crippen molar-refractivity contribution in [3.05, 3.63) is 53.0 Å². The predicted octanol–water partition coefficient (Wildman–Crippen LogP) is 3.28. The van der Waals surface area contributed by atoms with E-state index in [1.807, 2.05) is 45.9 Å². The Labute approximate surface area is 147 Å². The summed E-state index contributed by atoms with van der Waals surface area (Å²) in [4.78, 5) is 1.01. The monoisotopic (exact) mass is 367 g/mol. The SMILES string of the molecule is Cc1ccc(S(=O)(=O)N[C@@H](C)C2C=CC=C2S(=O)C(C)(C)C)cc1. The van der Waals surface area contributed by atoms with Gasteiger partial charge in [0.25, 0.3) is 0 Å². The molecule has 3 atom stereocenters. The van der Waals surface area contributed by atoms with E-state index in [2.05, 4.69) is 4.72 Å². The molecule has 0 spiro atoms. The van der Waals surface area contributed by atoms with Crippen LogP contribution >= 0.6 is 0 Å². The number of rotatable bonds is 5. The number of hydrogen-bond donors (Lipinski definition) is 1.